The Morgan fingerprint density at radius 3 is 2.53 bits per heavy atom. The van der Waals surface area contributed by atoms with E-state index in [1.54, 1.807) is 0 Å². The number of hydrogen-bond acceptors (Lipinski definition) is 6. The van der Waals surface area contributed by atoms with Gasteiger partial charge in [0.2, 0.25) is 15.8 Å². The monoisotopic (exact) mass is 285 g/mol. The molecule has 100 valence electrons. The number of aromatic carboxylic acids is 1. The molecule has 0 bridgehead atoms. The Morgan fingerprint density at radius 2 is 2.00 bits per heavy atom. The van der Waals surface area contributed by atoms with Gasteiger partial charge in [0.25, 0.3) is 0 Å². The van der Waals surface area contributed by atoms with Crippen molar-refractivity contribution in [1.82, 2.24) is 9.38 Å². The van der Waals surface area contributed by atoms with Crippen LogP contribution < -0.4 is 10.7 Å². The molecular weight excluding hydrogens is 278 g/mol. The van der Waals surface area contributed by atoms with Gasteiger partial charge in [-0.3, -0.25) is 9.20 Å². The molecule has 0 radical (unpaired) electrons. The summed E-state index contributed by atoms with van der Waals surface area (Å²) >= 11 is 0. The summed E-state index contributed by atoms with van der Waals surface area (Å²) in [5.41, 5.74) is -2.05. The topological polar surface area (TPSA) is 152 Å². The average molecular weight is 285 g/mol. The minimum atomic E-state index is -4.04. The Balaban J connectivity index is 2.91. The van der Waals surface area contributed by atoms with Gasteiger partial charge in [0, 0.05) is 6.20 Å². The van der Waals surface area contributed by atoms with Crippen LogP contribution in [0.3, 0.4) is 0 Å². The molecular formula is C9H7N3O6S. The normalized spacial score (nSPS) is 11.6. The summed E-state index contributed by atoms with van der Waals surface area (Å²) < 4.78 is 23.0. The Labute approximate surface area is 105 Å². The summed E-state index contributed by atoms with van der Waals surface area (Å²) in [6, 6.07) is 2.17. The molecule has 19 heavy (non-hydrogen) atoms. The van der Waals surface area contributed by atoms with Crippen LogP contribution in [0.1, 0.15) is 10.5 Å². The Morgan fingerprint density at radius 1 is 1.37 bits per heavy atom. The van der Waals surface area contributed by atoms with Crippen molar-refractivity contribution < 1.29 is 23.4 Å². The van der Waals surface area contributed by atoms with E-state index >= 15 is 0 Å². The molecule has 9 nitrogen and oxygen atoms in total. The number of aromatic nitrogens is 2. The predicted octanol–water partition coefficient (Wildman–Crippen LogP) is -1.25. The molecule has 2 rings (SSSR count). The van der Waals surface area contributed by atoms with Gasteiger partial charge in [-0.1, -0.05) is 0 Å². The molecule has 10 heteroatoms. The van der Waals surface area contributed by atoms with Crippen molar-refractivity contribution in [2.24, 2.45) is 5.14 Å². The first kappa shape index (κ1) is 13.0. The van der Waals surface area contributed by atoms with E-state index in [-0.39, 0.29) is 10.5 Å². The lowest BCUT2D eigenvalue weighted by atomic mass is 10.3. The maximum atomic E-state index is 11.7. The second-order valence-corrected chi connectivity index (χ2v) is 5.12. The molecule has 0 fully saturated rings. The number of sulfonamides is 1. The molecule has 4 N–H and O–H groups in total. The number of hydrogen-bond donors (Lipinski definition) is 3. The molecule has 0 aliphatic carbocycles. The highest BCUT2D eigenvalue weighted by Gasteiger charge is 2.18. The lowest BCUT2D eigenvalue weighted by molar-refractivity contribution is 0.0686. The van der Waals surface area contributed by atoms with E-state index in [0.29, 0.717) is 4.40 Å². The van der Waals surface area contributed by atoms with Crippen molar-refractivity contribution in [3.63, 3.8) is 0 Å². The van der Waals surface area contributed by atoms with E-state index in [4.69, 9.17) is 10.2 Å². The summed E-state index contributed by atoms with van der Waals surface area (Å²) in [6.45, 7) is 0. The third kappa shape index (κ3) is 2.13. The SMILES string of the molecule is NS(=O)(=O)c1ccc2nc(C(=O)O)c(O)c(=O)n2c1. The number of carboxylic acid groups (broad SMARTS) is 1. The lowest BCUT2D eigenvalue weighted by Gasteiger charge is -2.05. The number of nitrogens with zero attached hydrogens (tertiary/aromatic N) is 2. The molecule has 0 spiro atoms. The highest BCUT2D eigenvalue weighted by atomic mass is 32.2. The van der Waals surface area contributed by atoms with Crippen molar-refractivity contribution in [2.75, 3.05) is 0 Å². The molecule has 2 aromatic heterocycles. The number of carbonyl (C=O) groups is 1. The smallest absolute Gasteiger partial charge is 0.358 e. The van der Waals surface area contributed by atoms with Crippen LogP contribution >= 0.6 is 0 Å². The van der Waals surface area contributed by atoms with Crippen LogP contribution in [0.4, 0.5) is 0 Å². The van der Waals surface area contributed by atoms with Gasteiger partial charge in [-0.2, -0.15) is 0 Å². The van der Waals surface area contributed by atoms with E-state index in [2.05, 4.69) is 4.98 Å². The number of nitrogens with two attached hydrogens (primary N) is 1. The molecule has 0 aliphatic rings. The van der Waals surface area contributed by atoms with Crippen molar-refractivity contribution in [1.29, 1.82) is 0 Å². The van der Waals surface area contributed by atoms with Gasteiger partial charge in [0.1, 0.15) is 5.65 Å². The van der Waals surface area contributed by atoms with Crippen LogP contribution in [0.5, 0.6) is 5.75 Å². The summed E-state index contributed by atoms with van der Waals surface area (Å²) in [6.07, 6.45) is 0.853. The van der Waals surface area contributed by atoms with Crippen LogP contribution in [-0.2, 0) is 10.0 Å². The average Bonchev–Trinajstić information content (AvgIpc) is 2.31. The third-order valence-electron chi connectivity index (χ3n) is 2.30. The van der Waals surface area contributed by atoms with Crippen molar-refractivity contribution >= 4 is 21.6 Å². The van der Waals surface area contributed by atoms with E-state index in [9.17, 15) is 23.1 Å². The van der Waals surface area contributed by atoms with E-state index in [1.165, 1.54) is 0 Å². The fourth-order valence-corrected chi connectivity index (χ4v) is 1.94. The van der Waals surface area contributed by atoms with Crippen LogP contribution in [0.15, 0.2) is 28.0 Å². The third-order valence-corrected chi connectivity index (χ3v) is 3.20. The number of pyridine rings is 1. The van der Waals surface area contributed by atoms with E-state index in [1.807, 2.05) is 0 Å². The zero-order valence-corrected chi connectivity index (χ0v) is 9.96. The van der Waals surface area contributed by atoms with Crippen LogP contribution in [0.2, 0.25) is 0 Å². The summed E-state index contributed by atoms with van der Waals surface area (Å²) in [5.74, 6) is -2.66. The molecule has 0 atom stereocenters. The maximum Gasteiger partial charge on any atom is 0.358 e. The second-order valence-electron chi connectivity index (χ2n) is 3.56. The fourth-order valence-electron chi connectivity index (χ4n) is 1.43. The first-order valence-electron chi connectivity index (χ1n) is 4.73. The predicted molar refractivity (Wildman–Crippen MR) is 61.5 cm³/mol. The summed E-state index contributed by atoms with van der Waals surface area (Å²) in [7, 11) is -4.04. The van der Waals surface area contributed by atoms with Gasteiger partial charge >= 0.3 is 11.5 Å². The van der Waals surface area contributed by atoms with Gasteiger partial charge in [-0.05, 0) is 12.1 Å². The zero-order valence-electron chi connectivity index (χ0n) is 9.14. The number of fused-ring (bicyclic) bond motifs is 1. The zero-order chi connectivity index (χ0) is 14.4. The molecule has 0 amide bonds. The molecule has 2 aromatic rings. The minimum absolute atomic E-state index is 0.132. The second kappa shape index (κ2) is 4.03. The highest BCUT2D eigenvalue weighted by molar-refractivity contribution is 7.89. The highest BCUT2D eigenvalue weighted by Crippen LogP contribution is 2.13. The largest absolute Gasteiger partial charge is 0.501 e. The Bertz CT molecular complexity index is 854. The van der Waals surface area contributed by atoms with Crippen LogP contribution in [0, 0.1) is 0 Å². The first-order chi connectivity index (χ1) is 8.71. The van der Waals surface area contributed by atoms with Gasteiger partial charge in [0.15, 0.2) is 5.69 Å². The number of rotatable bonds is 2. The number of aromatic hydroxyl groups is 1. The van der Waals surface area contributed by atoms with Gasteiger partial charge in [-0.15, -0.1) is 0 Å². The molecule has 0 saturated heterocycles. The van der Waals surface area contributed by atoms with Gasteiger partial charge < -0.3 is 10.2 Å². The number of primary sulfonamides is 1. The molecule has 0 aromatic carbocycles. The molecule has 0 unspecified atom stereocenters. The molecule has 0 aliphatic heterocycles. The Hall–Kier alpha value is -2.46. The van der Waals surface area contributed by atoms with Crippen LogP contribution in [0.25, 0.3) is 5.65 Å². The van der Waals surface area contributed by atoms with E-state index in [0.717, 1.165) is 18.3 Å². The first-order valence-corrected chi connectivity index (χ1v) is 6.28. The van der Waals surface area contributed by atoms with Crippen molar-refractivity contribution in [3.05, 3.63) is 34.4 Å². The summed E-state index contributed by atoms with van der Waals surface area (Å²) in [4.78, 5) is 25.6. The van der Waals surface area contributed by atoms with Gasteiger partial charge in [0.05, 0.1) is 4.90 Å². The minimum Gasteiger partial charge on any atom is -0.501 e. The lowest BCUT2D eigenvalue weighted by Crippen LogP contribution is -2.21. The van der Waals surface area contributed by atoms with Crippen molar-refractivity contribution in [2.45, 2.75) is 4.90 Å². The Kier molecular flexibility index (Phi) is 2.76. The maximum absolute atomic E-state index is 11.7. The number of carboxylic acids is 1. The quantitative estimate of drug-likeness (QED) is 0.622. The van der Waals surface area contributed by atoms with Gasteiger partial charge in [-0.25, -0.2) is 23.3 Å². The fraction of sp³-hybridized carbons (Fsp3) is 0. The standard InChI is InChI=1S/C9H7N3O6S/c10-19(17,18)4-1-2-5-11-6(9(15)16)7(13)8(14)12(5)3-4/h1-3,13H,(H,15,16)(H2,10,17,18). The van der Waals surface area contributed by atoms with Crippen molar-refractivity contribution in [3.8, 4) is 5.75 Å². The molecule has 0 saturated carbocycles. The van der Waals surface area contributed by atoms with E-state index < -0.39 is 33.0 Å². The van der Waals surface area contributed by atoms with Crippen LogP contribution in [-0.4, -0.2) is 34.0 Å². The summed E-state index contributed by atoms with van der Waals surface area (Å²) in [5, 5.41) is 23.0. The molecule has 2 heterocycles.